The number of aliphatic hydroxyl groups excluding tert-OH is 4. The molecule has 4 heterocycles. The van der Waals surface area contributed by atoms with Crippen LogP contribution in [0.1, 0.15) is 25.2 Å². The highest BCUT2D eigenvalue weighted by Gasteiger charge is 2.49. The third-order valence-corrected chi connectivity index (χ3v) is 7.66. The van der Waals surface area contributed by atoms with Crippen LogP contribution in [0.25, 0.3) is 11.0 Å². The largest absolute Gasteiger partial charge is 0.485 e. The number of fused-ring (bicyclic) bond motifs is 3. The number of ether oxygens (including phenoxy) is 1. The number of aliphatic hydroxyl groups is 5. The molecule has 1 aromatic heterocycles. The fraction of sp³-hybridized carbons (Fsp3) is 0.500. The van der Waals surface area contributed by atoms with Crippen molar-refractivity contribution in [1.29, 1.82) is 0 Å². The maximum absolute atomic E-state index is 12.5. The topological polar surface area (TPSA) is 175 Å². The summed E-state index contributed by atoms with van der Waals surface area (Å²) < 4.78 is 11.8. The second-order valence-electron chi connectivity index (χ2n) is 11.0. The van der Waals surface area contributed by atoms with E-state index >= 15 is 0 Å². The SMILES string of the molecule is Cc1cc(=O)c2cc3c(cc2o1)OC(C)(C)[C@H](OOC[C@H](O)[C@](O)(CN1C=CC2=NC=CC21)[C@H](O)[C@H](O)CO)C3. The summed E-state index contributed by atoms with van der Waals surface area (Å²) >= 11 is 0. The minimum atomic E-state index is -2.32. The minimum Gasteiger partial charge on any atom is -0.485 e. The second kappa shape index (κ2) is 10.7. The van der Waals surface area contributed by atoms with Gasteiger partial charge in [-0.2, -0.15) is 0 Å². The predicted molar refractivity (Wildman–Crippen MR) is 143 cm³/mol. The van der Waals surface area contributed by atoms with Gasteiger partial charge in [-0.25, -0.2) is 9.78 Å². The van der Waals surface area contributed by atoms with Crippen molar-refractivity contribution in [1.82, 2.24) is 4.90 Å². The van der Waals surface area contributed by atoms with Gasteiger partial charge < -0.3 is 39.6 Å². The number of aryl methyl sites for hydroxylation is 1. The van der Waals surface area contributed by atoms with E-state index in [2.05, 4.69) is 4.99 Å². The van der Waals surface area contributed by atoms with Gasteiger partial charge in [0.05, 0.1) is 30.3 Å². The van der Waals surface area contributed by atoms with E-state index in [4.69, 9.17) is 18.9 Å². The Morgan fingerprint density at radius 3 is 2.77 bits per heavy atom. The molecule has 5 N–H and O–H groups in total. The lowest BCUT2D eigenvalue weighted by atomic mass is 9.86. The maximum Gasteiger partial charge on any atom is 0.192 e. The van der Waals surface area contributed by atoms with E-state index in [0.717, 1.165) is 5.71 Å². The molecule has 2 aromatic rings. The molecular formula is C28H34N2O10. The first-order chi connectivity index (χ1) is 18.9. The summed E-state index contributed by atoms with van der Waals surface area (Å²) in [5.74, 6) is 1.04. The van der Waals surface area contributed by atoms with Gasteiger partial charge in [0.25, 0.3) is 0 Å². The molecule has 0 bridgehead atoms. The first-order valence-corrected chi connectivity index (χ1v) is 13.0. The fourth-order valence-corrected chi connectivity index (χ4v) is 5.22. The number of β-amino-alcohol motifs (C(OH)–C–C–N with tert-alkyl or cyclic N) is 1. The molecule has 0 amide bonds. The summed E-state index contributed by atoms with van der Waals surface area (Å²) in [5, 5.41) is 53.0. The van der Waals surface area contributed by atoms with Crippen molar-refractivity contribution < 1.29 is 44.5 Å². The molecule has 216 valence electrons. The van der Waals surface area contributed by atoms with Gasteiger partial charge in [-0.1, -0.05) is 0 Å². The lowest BCUT2D eigenvalue weighted by Gasteiger charge is -2.42. The summed E-state index contributed by atoms with van der Waals surface area (Å²) in [4.78, 5) is 29.3. The van der Waals surface area contributed by atoms with Crippen LogP contribution in [-0.4, -0.2) is 97.6 Å². The van der Waals surface area contributed by atoms with Crippen LogP contribution >= 0.6 is 0 Å². The van der Waals surface area contributed by atoms with Gasteiger partial charge in [0, 0.05) is 31.0 Å². The zero-order valence-corrected chi connectivity index (χ0v) is 22.4. The predicted octanol–water partition coefficient (Wildman–Crippen LogP) is 0.104. The summed E-state index contributed by atoms with van der Waals surface area (Å²) in [6.45, 7) is 3.57. The van der Waals surface area contributed by atoms with Crippen molar-refractivity contribution in [3.63, 3.8) is 0 Å². The highest BCUT2D eigenvalue weighted by Crippen LogP contribution is 2.37. The molecule has 3 aliphatic rings. The molecule has 0 aliphatic carbocycles. The van der Waals surface area contributed by atoms with E-state index < -0.39 is 48.8 Å². The lowest BCUT2D eigenvalue weighted by Crippen LogP contribution is -2.64. The van der Waals surface area contributed by atoms with Gasteiger partial charge >= 0.3 is 0 Å². The molecule has 1 aromatic carbocycles. The smallest absolute Gasteiger partial charge is 0.192 e. The van der Waals surface area contributed by atoms with Gasteiger partial charge in [-0.3, -0.25) is 9.79 Å². The number of benzene rings is 1. The molecule has 0 radical (unpaired) electrons. The Kier molecular flexibility index (Phi) is 7.61. The van der Waals surface area contributed by atoms with E-state index in [1.54, 1.807) is 62.4 Å². The van der Waals surface area contributed by atoms with Crippen LogP contribution < -0.4 is 10.2 Å². The maximum atomic E-state index is 12.5. The van der Waals surface area contributed by atoms with Gasteiger partial charge in [0.1, 0.15) is 59.3 Å². The Hall–Kier alpha value is -3.10. The van der Waals surface area contributed by atoms with Gasteiger partial charge in [-0.15, -0.1) is 0 Å². The summed E-state index contributed by atoms with van der Waals surface area (Å²) in [6.07, 6.45) is 1.06. The normalized spacial score (nSPS) is 24.7. The first kappa shape index (κ1) is 28.4. The highest BCUT2D eigenvalue weighted by molar-refractivity contribution is 6.04. The Bertz CT molecular complexity index is 1420. The van der Waals surface area contributed by atoms with Crippen LogP contribution in [0.15, 0.2) is 57.0 Å². The monoisotopic (exact) mass is 558 g/mol. The summed E-state index contributed by atoms with van der Waals surface area (Å²) in [6, 6.07) is 4.49. The molecular weight excluding hydrogens is 524 g/mol. The standard InChI is InChI=1S/C28H34N2O10/c1-15-8-20(32)17-9-16-10-25(27(2,3)39-22(16)11-23(17)38-15)40-37-13-24(34)28(36,26(35)21(33)12-31)14-30-7-5-18-19(30)4-6-29-18/h4-9,11,19,21,24-26,31,33-36H,10,12-14H2,1-3H3/t19?,21-,24+,25-,26-,28-/m1/s1. The van der Waals surface area contributed by atoms with E-state index in [0.29, 0.717) is 34.5 Å². The quantitative estimate of drug-likeness (QED) is 0.198. The molecule has 6 atom stereocenters. The highest BCUT2D eigenvalue weighted by atomic mass is 17.2. The third kappa shape index (κ3) is 5.19. The number of hydrogen-bond acceptors (Lipinski definition) is 12. The Balaban J connectivity index is 1.29. The zero-order valence-electron chi connectivity index (χ0n) is 22.4. The lowest BCUT2D eigenvalue weighted by molar-refractivity contribution is -0.363. The van der Waals surface area contributed by atoms with Gasteiger partial charge in [0.2, 0.25) is 0 Å². The Morgan fingerprint density at radius 2 is 2.02 bits per heavy atom. The van der Waals surface area contributed by atoms with Gasteiger partial charge in [-0.05, 0) is 44.6 Å². The second-order valence-corrected chi connectivity index (χ2v) is 11.0. The number of rotatable bonds is 10. The van der Waals surface area contributed by atoms with Crippen LogP contribution in [0, 0.1) is 6.92 Å². The van der Waals surface area contributed by atoms with Crippen molar-refractivity contribution in [2.75, 3.05) is 19.8 Å². The van der Waals surface area contributed by atoms with E-state index in [1.807, 2.05) is 0 Å². The van der Waals surface area contributed by atoms with Crippen molar-refractivity contribution in [2.45, 2.75) is 68.9 Å². The fourth-order valence-electron chi connectivity index (χ4n) is 5.22. The molecule has 12 nitrogen and oxygen atoms in total. The average molecular weight is 559 g/mol. The molecule has 5 rings (SSSR count). The van der Waals surface area contributed by atoms with Crippen molar-refractivity contribution >= 4 is 16.7 Å². The van der Waals surface area contributed by atoms with Crippen molar-refractivity contribution in [3.8, 4) is 5.75 Å². The van der Waals surface area contributed by atoms with Crippen LogP contribution in [0.5, 0.6) is 5.75 Å². The Morgan fingerprint density at radius 1 is 1.25 bits per heavy atom. The van der Waals surface area contributed by atoms with E-state index in [9.17, 15) is 30.3 Å². The number of hydrogen-bond donors (Lipinski definition) is 5. The summed E-state index contributed by atoms with van der Waals surface area (Å²) in [5.41, 5.74) is -1.53. The molecule has 0 fully saturated rings. The molecule has 40 heavy (non-hydrogen) atoms. The molecule has 0 spiro atoms. The number of aliphatic imine (C=N–C) groups is 1. The Labute approximate surface area is 230 Å². The van der Waals surface area contributed by atoms with E-state index in [1.165, 1.54) is 6.07 Å². The average Bonchev–Trinajstić information content (AvgIpc) is 3.52. The zero-order chi connectivity index (χ0) is 28.8. The third-order valence-electron chi connectivity index (χ3n) is 7.66. The molecule has 1 unspecified atom stereocenters. The van der Waals surface area contributed by atoms with Crippen LogP contribution in [0.4, 0.5) is 0 Å². The van der Waals surface area contributed by atoms with Crippen LogP contribution in [-0.2, 0) is 16.2 Å². The van der Waals surface area contributed by atoms with Crippen LogP contribution in [0.2, 0.25) is 0 Å². The van der Waals surface area contributed by atoms with Crippen molar-refractivity contribution in [3.05, 3.63) is 64.3 Å². The minimum absolute atomic E-state index is 0.175. The van der Waals surface area contributed by atoms with Gasteiger partial charge in [0.15, 0.2) is 5.43 Å². The van der Waals surface area contributed by atoms with E-state index in [-0.39, 0.29) is 18.0 Å². The molecule has 0 saturated carbocycles. The first-order valence-electron chi connectivity index (χ1n) is 13.0. The molecule has 12 heteroatoms. The summed E-state index contributed by atoms with van der Waals surface area (Å²) in [7, 11) is 0. The van der Waals surface area contributed by atoms with Crippen molar-refractivity contribution in [2.24, 2.45) is 4.99 Å². The number of nitrogens with zero attached hydrogens (tertiary/aromatic N) is 2. The molecule has 3 aliphatic heterocycles. The van der Waals surface area contributed by atoms with Crippen LogP contribution in [0.3, 0.4) is 0 Å². The molecule has 0 saturated heterocycles.